The maximum absolute atomic E-state index is 12.6. The van der Waals surface area contributed by atoms with Crippen molar-refractivity contribution in [2.45, 2.75) is 25.9 Å². The van der Waals surface area contributed by atoms with E-state index >= 15 is 0 Å². The summed E-state index contributed by atoms with van der Waals surface area (Å²) < 4.78 is 48.7. The smallest absolute Gasteiger partial charge is 0.416 e. The number of nitrogens with one attached hydrogen (secondary N) is 1. The Morgan fingerprint density at radius 3 is 2.52 bits per heavy atom. The van der Waals surface area contributed by atoms with Crippen LogP contribution < -0.4 is 14.8 Å². The van der Waals surface area contributed by atoms with Crippen molar-refractivity contribution in [3.63, 3.8) is 0 Å². The van der Waals surface area contributed by atoms with Gasteiger partial charge in [0.2, 0.25) is 0 Å². The van der Waals surface area contributed by atoms with Gasteiger partial charge in [0.25, 0.3) is 5.91 Å². The highest BCUT2D eigenvalue weighted by molar-refractivity contribution is 5.77. The SMILES string of the molecule is CC(C)c1ccccc1OCCNC(=O)COc1cccc(C(F)(F)F)c1. The molecule has 0 aliphatic heterocycles. The maximum atomic E-state index is 12.6. The lowest BCUT2D eigenvalue weighted by Gasteiger charge is -2.14. The van der Waals surface area contributed by atoms with E-state index < -0.39 is 17.6 Å². The Hall–Kier alpha value is -2.70. The largest absolute Gasteiger partial charge is 0.491 e. The third-order valence-electron chi connectivity index (χ3n) is 3.75. The lowest BCUT2D eigenvalue weighted by molar-refractivity contribution is -0.137. The number of carbonyl (C=O) groups excluding carboxylic acids is 1. The van der Waals surface area contributed by atoms with Crippen molar-refractivity contribution in [3.8, 4) is 11.5 Å². The highest BCUT2D eigenvalue weighted by atomic mass is 19.4. The van der Waals surface area contributed by atoms with Crippen molar-refractivity contribution in [2.24, 2.45) is 0 Å². The number of benzene rings is 2. The molecular weight excluding hydrogens is 359 g/mol. The minimum Gasteiger partial charge on any atom is -0.491 e. The molecule has 27 heavy (non-hydrogen) atoms. The monoisotopic (exact) mass is 381 g/mol. The second-order valence-electron chi connectivity index (χ2n) is 6.21. The van der Waals surface area contributed by atoms with Gasteiger partial charge in [-0.1, -0.05) is 38.1 Å². The topological polar surface area (TPSA) is 47.6 Å². The first kappa shape index (κ1) is 20.6. The molecule has 0 saturated carbocycles. The average Bonchev–Trinajstić information content (AvgIpc) is 2.63. The Labute approximate surface area is 156 Å². The van der Waals surface area contributed by atoms with Crippen LogP contribution in [0.2, 0.25) is 0 Å². The molecule has 0 heterocycles. The molecule has 2 aromatic carbocycles. The number of hydrogen-bond acceptors (Lipinski definition) is 3. The van der Waals surface area contributed by atoms with Crippen molar-refractivity contribution in [2.75, 3.05) is 19.8 Å². The van der Waals surface area contributed by atoms with E-state index in [4.69, 9.17) is 9.47 Å². The molecule has 1 N–H and O–H groups in total. The van der Waals surface area contributed by atoms with Gasteiger partial charge in [-0.05, 0) is 35.7 Å². The summed E-state index contributed by atoms with van der Waals surface area (Å²) in [6, 6.07) is 12.1. The van der Waals surface area contributed by atoms with E-state index in [2.05, 4.69) is 19.2 Å². The second kappa shape index (κ2) is 9.30. The molecule has 0 atom stereocenters. The summed E-state index contributed by atoms with van der Waals surface area (Å²) in [5.74, 6) is 0.633. The minimum absolute atomic E-state index is 0.0120. The quantitative estimate of drug-likeness (QED) is 0.690. The predicted molar refractivity (Wildman–Crippen MR) is 96.0 cm³/mol. The summed E-state index contributed by atoms with van der Waals surface area (Å²) >= 11 is 0. The van der Waals surface area contributed by atoms with E-state index in [1.165, 1.54) is 12.1 Å². The van der Waals surface area contributed by atoms with Crippen molar-refractivity contribution in [3.05, 3.63) is 59.7 Å². The fraction of sp³-hybridized carbons (Fsp3) is 0.350. The maximum Gasteiger partial charge on any atom is 0.416 e. The van der Waals surface area contributed by atoms with Crippen molar-refractivity contribution < 1.29 is 27.4 Å². The molecule has 2 aromatic rings. The standard InChI is InChI=1S/C20H22F3NO3/c1-14(2)17-8-3-4-9-18(17)26-11-10-24-19(25)13-27-16-7-5-6-15(12-16)20(21,22)23/h3-9,12,14H,10-11,13H2,1-2H3,(H,24,25). The van der Waals surface area contributed by atoms with Gasteiger partial charge in [-0.3, -0.25) is 4.79 Å². The van der Waals surface area contributed by atoms with Gasteiger partial charge >= 0.3 is 6.18 Å². The third kappa shape index (κ3) is 6.51. The Bertz CT molecular complexity index is 760. The van der Waals surface area contributed by atoms with Crippen molar-refractivity contribution in [1.82, 2.24) is 5.32 Å². The highest BCUT2D eigenvalue weighted by Gasteiger charge is 2.30. The Morgan fingerprint density at radius 1 is 1.07 bits per heavy atom. The molecule has 0 aromatic heterocycles. The van der Waals surface area contributed by atoms with Gasteiger partial charge in [0.15, 0.2) is 6.61 Å². The normalized spacial score (nSPS) is 11.3. The van der Waals surface area contributed by atoms with Crippen molar-refractivity contribution in [1.29, 1.82) is 0 Å². The molecule has 0 aliphatic carbocycles. The highest BCUT2D eigenvalue weighted by Crippen LogP contribution is 2.31. The number of para-hydroxylation sites is 1. The molecule has 0 radical (unpaired) electrons. The van der Waals surface area contributed by atoms with Crippen LogP contribution in [0, 0.1) is 0 Å². The number of halogens is 3. The zero-order valence-electron chi connectivity index (χ0n) is 15.2. The van der Waals surface area contributed by atoms with Gasteiger partial charge in [0, 0.05) is 0 Å². The van der Waals surface area contributed by atoms with E-state index in [-0.39, 0.29) is 25.5 Å². The van der Waals surface area contributed by atoms with E-state index in [1.54, 1.807) is 0 Å². The van der Waals surface area contributed by atoms with Gasteiger partial charge in [-0.15, -0.1) is 0 Å². The van der Waals surface area contributed by atoms with Crippen LogP contribution in [0.3, 0.4) is 0 Å². The third-order valence-corrected chi connectivity index (χ3v) is 3.75. The minimum atomic E-state index is -4.45. The molecule has 1 amide bonds. The molecular formula is C20H22F3NO3. The summed E-state index contributed by atoms with van der Waals surface area (Å²) in [6.07, 6.45) is -4.45. The van der Waals surface area contributed by atoms with Crippen LogP contribution in [0.25, 0.3) is 0 Å². The first-order chi connectivity index (χ1) is 12.8. The molecule has 146 valence electrons. The lowest BCUT2D eigenvalue weighted by Crippen LogP contribution is -2.32. The van der Waals surface area contributed by atoms with Gasteiger partial charge in [-0.25, -0.2) is 0 Å². The van der Waals surface area contributed by atoms with Crippen LogP contribution in [0.4, 0.5) is 13.2 Å². The molecule has 0 spiro atoms. The zero-order valence-corrected chi connectivity index (χ0v) is 15.2. The molecule has 2 rings (SSSR count). The number of amides is 1. The summed E-state index contributed by atoms with van der Waals surface area (Å²) in [4.78, 5) is 11.8. The average molecular weight is 381 g/mol. The molecule has 0 saturated heterocycles. The summed E-state index contributed by atoms with van der Waals surface area (Å²) in [7, 11) is 0. The fourth-order valence-corrected chi connectivity index (χ4v) is 2.40. The van der Waals surface area contributed by atoms with Crippen LogP contribution in [0.5, 0.6) is 11.5 Å². The van der Waals surface area contributed by atoms with Crippen molar-refractivity contribution >= 4 is 5.91 Å². The van der Waals surface area contributed by atoms with Gasteiger partial charge in [0.1, 0.15) is 18.1 Å². The first-order valence-electron chi connectivity index (χ1n) is 8.56. The molecule has 4 nitrogen and oxygen atoms in total. The van der Waals surface area contributed by atoms with Crippen LogP contribution in [-0.2, 0) is 11.0 Å². The van der Waals surface area contributed by atoms with E-state index in [0.29, 0.717) is 5.92 Å². The van der Waals surface area contributed by atoms with Crippen LogP contribution in [0.1, 0.15) is 30.9 Å². The second-order valence-corrected chi connectivity index (χ2v) is 6.21. The van der Waals surface area contributed by atoms with E-state index in [0.717, 1.165) is 23.4 Å². The fourth-order valence-electron chi connectivity index (χ4n) is 2.40. The van der Waals surface area contributed by atoms with Crippen LogP contribution in [0.15, 0.2) is 48.5 Å². The van der Waals surface area contributed by atoms with Gasteiger partial charge < -0.3 is 14.8 Å². The Morgan fingerprint density at radius 2 is 1.81 bits per heavy atom. The Kier molecular flexibility index (Phi) is 7.10. The number of carbonyl (C=O) groups is 1. The molecule has 0 bridgehead atoms. The summed E-state index contributed by atoms with van der Waals surface area (Å²) in [5.41, 5.74) is 0.259. The van der Waals surface area contributed by atoms with E-state index in [9.17, 15) is 18.0 Å². The van der Waals surface area contributed by atoms with Crippen LogP contribution in [-0.4, -0.2) is 25.7 Å². The first-order valence-corrected chi connectivity index (χ1v) is 8.56. The number of ether oxygens (including phenoxy) is 2. The lowest BCUT2D eigenvalue weighted by atomic mass is 10.0. The molecule has 0 aliphatic rings. The van der Waals surface area contributed by atoms with Gasteiger partial charge in [-0.2, -0.15) is 13.2 Å². The van der Waals surface area contributed by atoms with E-state index in [1.807, 2.05) is 24.3 Å². The number of rotatable bonds is 8. The number of hydrogen-bond donors (Lipinski definition) is 1. The molecule has 0 fully saturated rings. The zero-order chi connectivity index (χ0) is 19.9. The molecule has 0 unspecified atom stereocenters. The summed E-state index contributed by atoms with van der Waals surface area (Å²) in [6.45, 7) is 4.30. The van der Waals surface area contributed by atoms with Crippen LogP contribution >= 0.6 is 0 Å². The van der Waals surface area contributed by atoms with Gasteiger partial charge in [0.05, 0.1) is 12.1 Å². The predicted octanol–water partition coefficient (Wildman–Crippen LogP) is 4.40. The summed E-state index contributed by atoms with van der Waals surface area (Å²) in [5, 5.41) is 2.61. The molecule has 7 heteroatoms. The number of alkyl halides is 3. The Balaban J connectivity index is 1.75.